The minimum absolute atomic E-state index is 0.452. The fourth-order valence-electron chi connectivity index (χ4n) is 2.07. The maximum absolute atomic E-state index is 5.15. The summed E-state index contributed by atoms with van der Waals surface area (Å²) in [6.45, 7) is 2.22. The highest BCUT2D eigenvalue weighted by molar-refractivity contribution is 5.46. The maximum Gasteiger partial charge on any atom is 0.119 e. The molecule has 0 aromatic heterocycles. The summed E-state index contributed by atoms with van der Waals surface area (Å²) in [4.78, 5) is 0. The summed E-state index contributed by atoms with van der Waals surface area (Å²) in [6.07, 6.45) is 2.22. The molecule has 0 heterocycles. The van der Waals surface area contributed by atoms with Gasteiger partial charge in [-0.25, -0.2) is 0 Å². The van der Waals surface area contributed by atoms with Crippen LogP contribution in [-0.4, -0.2) is 13.2 Å². The van der Waals surface area contributed by atoms with Gasteiger partial charge in [0.15, 0.2) is 0 Å². The van der Waals surface area contributed by atoms with Crippen LogP contribution in [0.1, 0.15) is 18.9 Å². The highest BCUT2D eigenvalue weighted by Crippen LogP contribution is 2.17. The molecule has 19 heavy (non-hydrogen) atoms. The van der Waals surface area contributed by atoms with Crippen LogP contribution >= 0.6 is 0 Å². The van der Waals surface area contributed by atoms with Crippen molar-refractivity contribution in [1.82, 2.24) is 0 Å². The summed E-state index contributed by atoms with van der Waals surface area (Å²) < 4.78 is 5.15. The summed E-state index contributed by atoms with van der Waals surface area (Å²) in [5.74, 6) is 0.891. The molecule has 0 radical (unpaired) electrons. The van der Waals surface area contributed by atoms with Gasteiger partial charge < -0.3 is 10.1 Å². The second-order valence-electron chi connectivity index (χ2n) is 4.80. The van der Waals surface area contributed by atoms with Crippen LogP contribution in [-0.2, 0) is 6.42 Å². The zero-order valence-corrected chi connectivity index (χ0v) is 11.6. The molecular formula is C17H21NO. The average Bonchev–Trinajstić information content (AvgIpc) is 2.47. The Hall–Kier alpha value is -1.96. The Morgan fingerprint density at radius 3 is 2.32 bits per heavy atom. The number of anilines is 1. The van der Waals surface area contributed by atoms with E-state index >= 15 is 0 Å². The molecule has 2 aromatic carbocycles. The van der Waals surface area contributed by atoms with Crippen LogP contribution in [0.25, 0.3) is 0 Å². The van der Waals surface area contributed by atoms with Crippen LogP contribution in [0, 0.1) is 0 Å². The molecule has 0 amide bonds. The first-order valence-corrected chi connectivity index (χ1v) is 6.72. The fraction of sp³-hybridized carbons (Fsp3) is 0.294. The van der Waals surface area contributed by atoms with Crippen molar-refractivity contribution < 1.29 is 4.74 Å². The zero-order valence-electron chi connectivity index (χ0n) is 11.6. The number of hydrogen-bond acceptors (Lipinski definition) is 2. The molecule has 2 rings (SSSR count). The average molecular weight is 255 g/mol. The van der Waals surface area contributed by atoms with E-state index < -0.39 is 0 Å². The van der Waals surface area contributed by atoms with Crippen molar-refractivity contribution in [1.29, 1.82) is 0 Å². The normalized spacial score (nSPS) is 11.9. The largest absolute Gasteiger partial charge is 0.497 e. The monoisotopic (exact) mass is 255 g/mol. The topological polar surface area (TPSA) is 21.3 Å². The Morgan fingerprint density at radius 2 is 1.68 bits per heavy atom. The molecule has 100 valence electrons. The van der Waals surface area contributed by atoms with Gasteiger partial charge in [0.05, 0.1) is 7.11 Å². The molecule has 1 N–H and O–H groups in total. The Balaban J connectivity index is 1.82. The Labute approximate surface area is 115 Å². The van der Waals surface area contributed by atoms with Crippen LogP contribution in [0.4, 0.5) is 5.69 Å². The van der Waals surface area contributed by atoms with Gasteiger partial charge in [-0.1, -0.05) is 30.3 Å². The molecule has 1 atom stereocenters. The number of rotatable bonds is 6. The minimum atomic E-state index is 0.452. The third-order valence-corrected chi connectivity index (χ3v) is 3.21. The fourth-order valence-corrected chi connectivity index (χ4v) is 2.07. The number of aryl methyl sites for hydroxylation is 1. The number of ether oxygens (including phenoxy) is 1. The lowest BCUT2D eigenvalue weighted by Crippen LogP contribution is -2.15. The molecule has 0 spiro atoms. The molecule has 0 bridgehead atoms. The summed E-state index contributed by atoms with van der Waals surface area (Å²) in [6, 6.07) is 19.1. The molecule has 2 nitrogen and oxygen atoms in total. The second-order valence-corrected chi connectivity index (χ2v) is 4.80. The zero-order chi connectivity index (χ0) is 13.5. The van der Waals surface area contributed by atoms with E-state index in [4.69, 9.17) is 4.74 Å². The van der Waals surface area contributed by atoms with Crippen LogP contribution in [0.15, 0.2) is 54.6 Å². The lowest BCUT2D eigenvalue weighted by Gasteiger charge is -2.15. The van der Waals surface area contributed by atoms with Crippen LogP contribution in [0.3, 0.4) is 0 Å². The van der Waals surface area contributed by atoms with E-state index in [1.54, 1.807) is 7.11 Å². The van der Waals surface area contributed by atoms with Gasteiger partial charge in [-0.2, -0.15) is 0 Å². The van der Waals surface area contributed by atoms with E-state index in [1.807, 2.05) is 12.1 Å². The predicted octanol–water partition coefficient (Wildman–Crippen LogP) is 4.13. The smallest absolute Gasteiger partial charge is 0.119 e. The Kier molecular flexibility index (Phi) is 4.85. The first-order chi connectivity index (χ1) is 9.28. The Morgan fingerprint density at radius 1 is 1.00 bits per heavy atom. The van der Waals surface area contributed by atoms with Gasteiger partial charge >= 0.3 is 0 Å². The molecule has 0 saturated heterocycles. The molecule has 0 fully saturated rings. The summed E-state index contributed by atoms with van der Waals surface area (Å²) in [5.41, 5.74) is 2.53. The highest BCUT2D eigenvalue weighted by Gasteiger charge is 2.03. The minimum Gasteiger partial charge on any atom is -0.497 e. The molecule has 0 saturated carbocycles. The molecule has 2 heteroatoms. The summed E-state index contributed by atoms with van der Waals surface area (Å²) in [5, 5.41) is 3.51. The van der Waals surface area contributed by atoms with Gasteiger partial charge in [-0.15, -0.1) is 0 Å². The first kappa shape index (κ1) is 13.5. The molecule has 0 aliphatic heterocycles. The third kappa shape index (κ3) is 4.32. The highest BCUT2D eigenvalue weighted by atomic mass is 16.5. The van der Waals surface area contributed by atoms with Gasteiger partial charge in [0.2, 0.25) is 0 Å². The van der Waals surface area contributed by atoms with Crippen molar-refractivity contribution in [3.8, 4) is 5.75 Å². The summed E-state index contributed by atoms with van der Waals surface area (Å²) >= 11 is 0. The second kappa shape index (κ2) is 6.83. The van der Waals surface area contributed by atoms with Gasteiger partial charge in [0.1, 0.15) is 5.75 Å². The van der Waals surface area contributed by atoms with E-state index in [0.717, 1.165) is 24.3 Å². The van der Waals surface area contributed by atoms with Crippen LogP contribution in [0.5, 0.6) is 5.75 Å². The summed E-state index contributed by atoms with van der Waals surface area (Å²) in [7, 11) is 1.69. The standard InChI is InChI=1S/C17H21NO/c1-14(8-9-15-6-4-3-5-7-15)18-16-10-12-17(19-2)13-11-16/h3-7,10-14,18H,8-9H2,1-2H3/t14-/m1/s1. The van der Waals surface area contributed by atoms with Gasteiger partial charge in [0, 0.05) is 11.7 Å². The number of hydrogen-bond donors (Lipinski definition) is 1. The number of benzene rings is 2. The van der Waals surface area contributed by atoms with Crippen molar-refractivity contribution >= 4 is 5.69 Å². The van der Waals surface area contributed by atoms with E-state index in [1.165, 1.54) is 5.56 Å². The quantitative estimate of drug-likeness (QED) is 0.838. The lowest BCUT2D eigenvalue weighted by molar-refractivity contribution is 0.415. The van der Waals surface area contributed by atoms with Gasteiger partial charge in [-0.3, -0.25) is 0 Å². The lowest BCUT2D eigenvalue weighted by atomic mass is 10.1. The predicted molar refractivity (Wildman–Crippen MR) is 80.8 cm³/mol. The van der Waals surface area contributed by atoms with Crippen molar-refractivity contribution in [2.24, 2.45) is 0 Å². The number of nitrogens with one attached hydrogen (secondary N) is 1. The van der Waals surface area contributed by atoms with Crippen molar-refractivity contribution in [2.45, 2.75) is 25.8 Å². The SMILES string of the molecule is COc1ccc(N[C@H](C)CCc2ccccc2)cc1. The van der Waals surface area contributed by atoms with Crippen molar-refractivity contribution in [3.05, 3.63) is 60.2 Å². The first-order valence-electron chi connectivity index (χ1n) is 6.72. The van der Waals surface area contributed by atoms with Crippen LogP contribution < -0.4 is 10.1 Å². The van der Waals surface area contributed by atoms with Crippen LogP contribution in [0.2, 0.25) is 0 Å². The molecular weight excluding hydrogens is 234 g/mol. The van der Waals surface area contributed by atoms with E-state index in [0.29, 0.717) is 6.04 Å². The van der Waals surface area contributed by atoms with Crippen molar-refractivity contribution in [3.63, 3.8) is 0 Å². The van der Waals surface area contributed by atoms with Crippen molar-refractivity contribution in [2.75, 3.05) is 12.4 Å². The molecule has 2 aromatic rings. The molecule has 0 aliphatic carbocycles. The molecule has 0 aliphatic rings. The van der Waals surface area contributed by atoms with E-state index in [-0.39, 0.29) is 0 Å². The Bertz CT molecular complexity index is 478. The van der Waals surface area contributed by atoms with Gasteiger partial charge in [-0.05, 0) is 49.6 Å². The molecule has 0 unspecified atom stereocenters. The number of methoxy groups -OCH3 is 1. The van der Waals surface area contributed by atoms with Gasteiger partial charge in [0.25, 0.3) is 0 Å². The third-order valence-electron chi connectivity index (χ3n) is 3.21. The van der Waals surface area contributed by atoms with E-state index in [9.17, 15) is 0 Å². The maximum atomic E-state index is 5.15. The van der Waals surface area contributed by atoms with E-state index in [2.05, 4.69) is 54.7 Å².